The molecule has 0 saturated heterocycles. The average molecular weight is 1450 g/mol. The first-order valence-electron chi connectivity index (χ1n) is 36.1. The predicted octanol–water partition coefficient (Wildman–Crippen LogP) is 23.2. The van der Waals surface area contributed by atoms with Gasteiger partial charge >= 0.3 is 17.9 Å². The number of aliphatic hydroxyl groups excluding tert-OH is 1. The lowest BCUT2D eigenvalue weighted by Crippen LogP contribution is -2.35. The third kappa shape index (κ3) is 126. The Morgan fingerprint density at radius 3 is 0.929 bits per heavy atom. The van der Waals surface area contributed by atoms with Crippen molar-refractivity contribution >= 4 is 35.6 Å². The van der Waals surface area contributed by atoms with E-state index in [0.29, 0.717) is 73.6 Å². The van der Waals surface area contributed by atoms with Crippen LogP contribution in [-0.4, -0.2) is 140 Å². The van der Waals surface area contributed by atoms with E-state index in [0.717, 1.165) is 19.6 Å². The molecule has 0 aliphatic carbocycles. The van der Waals surface area contributed by atoms with Crippen LogP contribution in [-0.2, 0) is 61.8 Å². The maximum Gasteiger partial charge on any atom is 0.311 e. The van der Waals surface area contributed by atoms with Gasteiger partial charge in [0.25, 0.3) is 0 Å². The van der Waals surface area contributed by atoms with Crippen LogP contribution in [0.3, 0.4) is 0 Å². The zero-order chi connectivity index (χ0) is 76.7. The van der Waals surface area contributed by atoms with Crippen LogP contribution in [0.15, 0.2) is 0 Å². The molecule has 0 heterocycles. The summed E-state index contributed by atoms with van der Waals surface area (Å²) in [5.41, 5.74) is 1.04. The van der Waals surface area contributed by atoms with Crippen molar-refractivity contribution in [3.8, 4) is 0 Å². The number of esters is 3. The Morgan fingerprint density at radius 2 is 0.677 bits per heavy atom. The first kappa shape index (κ1) is 121. The molecular formula is C83H181NO14S. The van der Waals surface area contributed by atoms with E-state index < -0.39 is 12.4 Å². The van der Waals surface area contributed by atoms with E-state index in [9.17, 15) is 24.3 Å². The minimum atomic E-state index is -0.806. The van der Waals surface area contributed by atoms with Crippen LogP contribution in [0.25, 0.3) is 0 Å². The first-order chi connectivity index (χ1) is 42.2. The lowest BCUT2D eigenvalue weighted by atomic mass is 9.90. The number of thioether (sulfide) groups is 1. The van der Waals surface area contributed by atoms with Crippen molar-refractivity contribution in [2.24, 2.45) is 44.8 Å². The van der Waals surface area contributed by atoms with Crippen LogP contribution < -0.4 is 5.32 Å². The number of aliphatic hydroxyl groups is 1. The standard InChI is InChI=1S/C14H30O.C14H30S.C12H25NO2.C11H24O3.C10H18O4.C10H22O2.C8H16O2.4CH4/c2*1-13(2,3)9-7-11-15-12-8-10-14(4,5)6;1-11(2,3)10(14)13-8-7-9-15-12(4,5)6;1-10(2,3)13-7-9(12)8-14-11(4,5)6;1-6(2)9(11)13-8(5)14-10(12)7(3)4;1-9(2,3)11-7-8-12-10(4,5)6;1-6(2)5-8(9)10-7(3)4;;;;/h2*7-12H2,1-6H3;7-9H2,1-6H3,(H,13,14);9,12H,7-8H2,1-6H3;6-8H,1-5H3;7-8H2,1-6H3;6-7H,5H2,1-4H3;4*1H4. The molecule has 15 nitrogen and oxygen atoms in total. The highest BCUT2D eigenvalue weighted by molar-refractivity contribution is 7.99. The Morgan fingerprint density at radius 1 is 0.384 bits per heavy atom. The molecule has 99 heavy (non-hydrogen) atoms. The van der Waals surface area contributed by atoms with Gasteiger partial charge in [0.1, 0.15) is 6.10 Å². The molecule has 16 heteroatoms. The van der Waals surface area contributed by atoms with E-state index in [4.69, 9.17) is 42.6 Å². The quantitative estimate of drug-likeness (QED) is 0.0393. The van der Waals surface area contributed by atoms with E-state index in [2.05, 4.69) is 100 Å². The molecule has 0 rings (SSSR count). The van der Waals surface area contributed by atoms with Gasteiger partial charge in [-0.2, -0.15) is 11.8 Å². The van der Waals surface area contributed by atoms with Gasteiger partial charge < -0.3 is 53.1 Å². The Bertz CT molecular complexity index is 1690. The van der Waals surface area contributed by atoms with Crippen LogP contribution >= 0.6 is 11.8 Å². The number of hydrogen-bond donors (Lipinski definition) is 2. The number of nitrogens with one attached hydrogen (secondary N) is 1. The number of amides is 1. The van der Waals surface area contributed by atoms with Gasteiger partial charge in [0.05, 0.1) is 72.4 Å². The van der Waals surface area contributed by atoms with E-state index in [1.54, 1.807) is 27.7 Å². The third-order valence-electron chi connectivity index (χ3n) is 11.7. The van der Waals surface area contributed by atoms with Crippen molar-refractivity contribution in [3.63, 3.8) is 0 Å². The number of carbonyl (C=O) groups excluding carboxylic acids is 4. The van der Waals surface area contributed by atoms with E-state index in [-0.39, 0.29) is 105 Å². The maximum atomic E-state index is 11.5. The second kappa shape index (κ2) is 61.1. The second-order valence-electron chi connectivity index (χ2n) is 37.0. The van der Waals surface area contributed by atoms with Gasteiger partial charge in [0, 0.05) is 45.1 Å². The highest BCUT2D eigenvalue weighted by Gasteiger charge is 2.22. The fourth-order valence-corrected chi connectivity index (χ4v) is 7.54. The summed E-state index contributed by atoms with van der Waals surface area (Å²) >= 11 is 2.13. The number of hydrogen-bond acceptors (Lipinski definition) is 15. The van der Waals surface area contributed by atoms with Gasteiger partial charge in [-0.15, -0.1) is 0 Å². The highest BCUT2D eigenvalue weighted by Crippen LogP contribution is 2.26. The maximum absolute atomic E-state index is 11.5. The molecule has 0 atom stereocenters. The molecule has 0 aromatic heterocycles. The number of ether oxygens (including phenoxy) is 9. The SMILES string of the molecule is C.C.C.C.CC(C)(C)CCCOCCCC(C)(C)C.CC(C)(C)CCCSCCCC(C)(C)C.CC(C)(C)OCC(O)COC(C)(C)C.CC(C)(C)OCCCNC(=O)C(C)(C)C.CC(C)(C)OCCOC(C)(C)C.CC(C)CC(=O)OC(C)C.CC(OC(=O)C(C)C)OC(=O)C(C)C. The second-order valence-corrected chi connectivity index (χ2v) is 38.2. The lowest BCUT2D eigenvalue weighted by molar-refractivity contribution is -0.189. The summed E-state index contributed by atoms with van der Waals surface area (Å²) in [4.78, 5) is 44.5. The van der Waals surface area contributed by atoms with E-state index in [1.807, 2.05) is 152 Å². The average Bonchev–Trinajstić information content (AvgIpc) is 1.02. The summed E-state index contributed by atoms with van der Waals surface area (Å²) in [5.74, 6) is 1.94. The topological polar surface area (TPSA) is 184 Å². The molecule has 0 spiro atoms. The Labute approximate surface area is 624 Å². The lowest BCUT2D eigenvalue weighted by Gasteiger charge is -2.25. The summed E-state index contributed by atoms with van der Waals surface area (Å²) < 4.78 is 47.6. The van der Waals surface area contributed by atoms with Crippen molar-refractivity contribution in [2.45, 2.75) is 410 Å². The summed E-state index contributed by atoms with van der Waals surface area (Å²) in [6.45, 7) is 84.9. The normalized spacial score (nSPS) is 12.1. The van der Waals surface area contributed by atoms with Crippen LogP contribution in [0, 0.1) is 44.8 Å². The molecular weight excluding hydrogens is 1270 g/mol. The zero-order valence-electron chi connectivity index (χ0n) is 70.3. The predicted molar refractivity (Wildman–Crippen MR) is 433 cm³/mol. The molecule has 0 fully saturated rings. The fourth-order valence-electron chi connectivity index (χ4n) is 6.64. The third-order valence-corrected chi connectivity index (χ3v) is 12.9. The molecule has 2 N–H and O–H groups in total. The summed E-state index contributed by atoms with van der Waals surface area (Å²) in [6, 6.07) is 0. The van der Waals surface area contributed by atoms with Gasteiger partial charge in [0.15, 0.2) is 0 Å². The van der Waals surface area contributed by atoms with E-state index in [1.165, 1.54) is 69.8 Å². The molecule has 0 saturated carbocycles. The van der Waals surface area contributed by atoms with Crippen molar-refractivity contribution in [2.75, 3.05) is 64.3 Å². The Hall–Kier alpha value is -2.05. The highest BCUT2D eigenvalue weighted by atomic mass is 32.2. The zero-order valence-corrected chi connectivity index (χ0v) is 71.1. The molecule has 608 valence electrons. The van der Waals surface area contributed by atoms with Gasteiger partial charge in [-0.3, -0.25) is 19.2 Å². The molecule has 0 aromatic carbocycles. The van der Waals surface area contributed by atoms with Crippen LogP contribution in [0.5, 0.6) is 0 Å². The van der Waals surface area contributed by atoms with Gasteiger partial charge in [-0.1, -0.05) is 175 Å². The molecule has 0 bridgehead atoms. The molecule has 0 aliphatic rings. The van der Waals surface area contributed by atoms with Crippen molar-refractivity contribution in [1.82, 2.24) is 5.32 Å². The van der Waals surface area contributed by atoms with E-state index >= 15 is 0 Å². The summed E-state index contributed by atoms with van der Waals surface area (Å²) in [6.07, 6.45) is 10.4. The van der Waals surface area contributed by atoms with Gasteiger partial charge in [-0.05, 0) is 215 Å². The fraction of sp³-hybridized carbons (Fsp3) is 0.952. The Kier molecular flexibility index (Phi) is 74.6. The minimum absolute atomic E-state index is 0. The monoisotopic (exact) mass is 1450 g/mol. The van der Waals surface area contributed by atoms with Crippen LogP contribution in [0.1, 0.15) is 364 Å². The minimum Gasteiger partial charge on any atom is -0.463 e. The molecule has 0 unspecified atom stereocenters. The van der Waals surface area contributed by atoms with Crippen LogP contribution in [0.2, 0.25) is 0 Å². The Balaban J connectivity index is -0.000000101. The molecule has 1 amide bonds. The first-order valence-corrected chi connectivity index (χ1v) is 37.3. The number of rotatable bonds is 30. The van der Waals surface area contributed by atoms with Crippen molar-refractivity contribution in [1.29, 1.82) is 0 Å². The van der Waals surface area contributed by atoms with Crippen molar-refractivity contribution in [3.05, 3.63) is 0 Å². The van der Waals surface area contributed by atoms with Crippen LogP contribution in [0.4, 0.5) is 0 Å². The summed E-state index contributed by atoms with van der Waals surface area (Å²) in [5, 5.41) is 12.4. The van der Waals surface area contributed by atoms with Gasteiger partial charge in [-0.25, -0.2) is 0 Å². The smallest absolute Gasteiger partial charge is 0.311 e. The number of carbonyl (C=O) groups is 4. The van der Waals surface area contributed by atoms with Gasteiger partial charge in [0.2, 0.25) is 12.2 Å². The molecule has 0 radical (unpaired) electrons. The summed E-state index contributed by atoms with van der Waals surface area (Å²) in [7, 11) is 0. The molecule has 0 aliphatic heterocycles. The largest absolute Gasteiger partial charge is 0.463 e. The molecule has 0 aromatic rings. The van der Waals surface area contributed by atoms with Crippen molar-refractivity contribution < 1.29 is 66.9 Å².